The number of hydrogen-bond acceptors (Lipinski definition) is 5. The lowest BCUT2D eigenvalue weighted by atomic mass is 9.94. The van der Waals surface area contributed by atoms with E-state index in [9.17, 15) is 14.7 Å². The highest BCUT2D eigenvalue weighted by Gasteiger charge is 2.46. The molecule has 0 saturated carbocycles. The molecular weight excluding hydrogens is 430 g/mol. The smallest absolute Gasteiger partial charge is 0.295 e. The highest BCUT2D eigenvalue weighted by molar-refractivity contribution is 6.46. The fourth-order valence-corrected chi connectivity index (χ4v) is 4.45. The minimum absolute atomic E-state index is 0.0712. The number of aliphatic hydroxyl groups excluding tert-OH is 1. The fourth-order valence-electron chi connectivity index (χ4n) is 4.45. The van der Waals surface area contributed by atoms with Crippen LogP contribution < -0.4 is 9.47 Å². The monoisotopic (exact) mass is 455 g/mol. The first kappa shape index (κ1) is 21.8. The minimum atomic E-state index is -0.709. The van der Waals surface area contributed by atoms with Gasteiger partial charge < -0.3 is 19.5 Å². The van der Waals surface area contributed by atoms with Crippen molar-refractivity contribution in [2.45, 2.75) is 25.9 Å². The van der Waals surface area contributed by atoms with E-state index in [2.05, 4.69) is 6.92 Å². The number of fused-ring (bicyclic) bond motifs is 1. The summed E-state index contributed by atoms with van der Waals surface area (Å²) in [6.45, 7) is 3.18. The van der Waals surface area contributed by atoms with Crippen LogP contribution in [0.15, 0.2) is 78.4 Å². The molecule has 0 radical (unpaired) electrons. The van der Waals surface area contributed by atoms with Gasteiger partial charge in [0.15, 0.2) is 11.5 Å². The maximum Gasteiger partial charge on any atom is 0.295 e. The molecule has 1 amide bonds. The Bertz CT molecular complexity index is 1260. The number of ketones is 1. The Morgan fingerprint density at radius 2 is 1.62 bits per heavy atom. The van der Waals surface area contributed by atoms with Gasteiger partial charge in [-0.15, -0.1) is 0 Å². The number of aryl methyl sites for hydroxylation is 1. The molecule has 0 bridgehead atoms. The van der Waals surface area contributed by atoms with E-state index in [4.69, 9.17) is 9.47 Å². The predicted octanol–water partition coefficient (Wildman–Crippen LogP) is 4.64. The van der Waals surface area contributed by atoms with Gasteiger partial charge in [-0.05, 0) is 41.3 Å². The first-order chi connectivity index (χ1) is 16.6. The summed E-state index contributed by atoms with van der Waals surface area (Å²) < 4.78 is 11.2. The Balaban J connectivity index is 1.62. The average molecular weight is 456 g/mol. The van der Waals surface area contributed by atoms with Crippen LogP contribution in [0.25, 0.3) is 5.76 Å². The zero-order valence-electron chi connectivity index (χ0n) is 18.9. The zero-order valence-corrected chi connectivity index (χ0v) is 18.9. The van der Waals surface area contributed by atoms with Crippen molar-refractivity contribution in [2.24, 2.45) is 0 Å². The number of amides is 1. The molecule has 34 heavy (non-hydrogen) atoms. The van der Waals surface area contributed by atoms with Crippen LogP contribution in [0.5, 0.6) is 11.5 Å². The van der Waals surface area contributed by atoms with Gasteiger partial charge in [0.2, 0.25) is 0 Å². The Morgan fingerprint density at radius 1 is 0.912 bits per heavy atom. The third-order valence-corrected chi connectivity index (χ3v) is 6.26. The van der Waals surface area contributed by atoms with E-state index in [1.807, 2.05) is 54.6 Å². The van der Waals surface area contributed by atoms with Gasteiger partial charge in [0.1, 0.15) is 19.0 Å². The molecule has 1 fully saturated rings. The van der Waals surface area contributed by atoms with Crippen molar-refractivity contribution in [2.75, 3.05) is 13.2 Å². The Hall–Kier alpha value is -4.06. The topological polar surface area (TPSA) is 76.1 Å². The third-order valence-electron chi connectivity index (χ3n) is 6.26. The molecule has 5 rings (SSSR count). The number of rotatable bonds is 5. The van der Waals surface area contributed by atoms with Crippen LogP contribution in [0.3, 0.4) is 0 Å². The zero-order chi connectivity index (χ0) is 23.7. The molecule has 1 saturated heterocycles. The third kappa shape index (κ3) is 3.92. The van der Waals surface area contributed by atoms with Crippen LogP contribution in [0.4, 0.5) is 0 Å². The van der Waals surface area contributed by atoms with Crippen molar-refractivity contribution in [1.82, 2.24) is 4.90 Å². The van der Waals surface area contributed by atoms with Crippen molar-refractivity contribution in [3.63, 3.8) is 0 Å². The van der Waals surface area contributed by atoms with E-state index in [0.29, 0.717) is 30.3 Å². The predicted molar refractivity (Wildman–Crippen MR) is 128 cm³/mol. The second-order valence-electron chi connectivity index (χ2n) is 8.37. The van der Waals surface area contributed by atoms with Gasteiger partial charge in [0, 0.05) is 12.1 Å². The molecule has 2 aliphatic heterocycles. The number of benzene rings is 3. The number of ether oxygens (including phenoxy) is 2. The largest absolute Gasteiger partial charge is 0.507 e. The van der Waals surface area contributed by atoms with Gasteiger partial charge in [0.05, 0.1) is 11.6 Å². The molecule has 2 heterocycles. The SMILES string of the molecule is CCc1ccc(C2/C(=C(\O)c3ccc4c(c3)OCCO4)C(=O)C(=O)N2Cc2ccccc2)cc1. The van der Waals surface area contributed by atoms with Crippen molar-refractivity contribution in [1.29, 1.82) is 0 Å². The van der Waals surface area contributed by atoms with Crippen LogP contribution in [-0.2, 0) is 22.6 Å². The maximum atomic E-state index is 13.3. The molecule has 1 unspecified atom stereocenters. The van der Waals surface area contributed by atoms with Crippen LogP contribution >= 0.6 is 0 Å². The van der Waals surface area contributed by atoms with Crippen molar-refractivity contribution < 1.29 is 24.2 Å². The Kier molecular flexibility index (Phi) is 5.80. The quantitative estimate of drug-likeness (QED) is 0.345. The Morgan fingerprint density at radius 3 is 2.32 bits per heavy atom. The van der Waals surface area contributed by atoms with E-state index >= 15 is 0 Å². The first-order valence-corrected chi connectivity index (χ1v) is 11.4. The van der Waals surface area contributed by atoms with Gasteiger partial charge in [-0.3, -0.25) is 9.59 Å². The lowest BCUT2D eigenvalue weighted by Gasteiger charge is -2.26. The summed E-state index contributed by atoms with van der Waals surface area (Å²) in [6, 6.07) is 21.6. The standard InChI is InChI=1S/C28H25NO5/c1-2-18-8-10-20(11-9-18)25-24(26(30)21-12-13-22-23(16-21)34-15-14-33-22)27(31)28(32)29(25)17-19-6-4-3-5-7-19/h3-13,16,25,30H,2,14-15,17H2,1H3/b26-24+. The number of aliphatic hydroxyl groups is 1. The molecular formula is C28H25NO5. The van der Waals surface area contributed by atoms with Crippen molar-refractivity contribution in [3.05, 3.63) is 101 Å². The van der Waals surface area contributed by atoms with Gasteiger partial charge >= 0.3 is 0 Å². The molecule has 2 aliphatic rings. The van der Waals surface area contributed by atoms with E-state index in [1.54, 1.807) is 18.2 Å². The lowest BCUT2D eigenvalue weighted by Crippen LogP contribution is -2.29. The highest BCUT2D eigenvalue weighted by atomic mass is 16.6. The van der Waals surface area contributed by atoms with E-state index in [0.717, 1.165) is 23.1 Å². The van der Waals surface area contributed by atoms with Gasteiger partial charge in [-0.25, -0.2) is 0 Å². The molecule has 1 N–H and O–H groups in total. The molecule has 0 aliphatic carbocycles. The molecule has 1 atom stereocenters. The van der Waals surface area contributed by atoms with Gasteiger partial charge in [-0.2, -0.15) is 0 Å². The summed E-state index contributed by atoms with van der Waals surface area (Å²) in [4.78, 5) is 28.0. The molecule has 3 aromatic rings. The molecule has 6 heteroatoms. The van der Waals surface area contributed by atoms with Crippen molar-refractivity contribution >= 4 is 17.4 Å². The lowest BCUT2D eigenvalue weighted by molar-refractivity contribution is -0.140. The van der Waals surface area contributed by atoms with E-state index < -0.39 is 17.7 Å². The second-order valence-corrected chi connectivity index (χ2v) is 8.37. The average Bonchev–Trinajstić information content (AvgIpc) is 3.13. The number of nitrogens with zero attached hydrogens (tertiary/aromatic N) is 1. The first-order valence-electron chi connectivity index (χ1n) is 11.4. The van der Waals surface area contributed by atoms with Crippen LogP contribution in [0.2, 0.25) is 0 Å². The molecule has 0 spiro atoms. The summed E-state index contributed by atoms with van der Waals surface area (Å²) in [6.07, 6.45) is 0.877. The summed E-state index contributed by atoms with van der Waals surface area (Å²) in [5, 5.41) is 11.3. The number of likely N-dealkylation sites (tertiary alicyclic amines) is 1. The summed E-state index contributed by atoms with van der Waals surface area (Å²) in [5.41, 5.74) is 3.29. The second kappa shape index (κ2) is 9.06. The summed E-state index contributed by atoms with van der Waals surface area (Å²) in [5.74, 6) is -0.479. The van der Waals surface area contributed by atoms with E-state index in [1.165, 1.54) is 4.90 Å². The number of carbonyl (C=O) groups excluding carboxylic acids is 2. The molecule has 0 aromatic heterocycles. The number of carbonyl (C=O) groups is 2. The minimum Gasteiger partial charge on any atom is -0.507 e. The van der Waals surface area contributed by atoms with Crippen LogP contribution in [0.1, 0.15) is 35.2 Å². The summed E-state index contributed by atoms with van der Waals surface area (Å²) in [7, 11) is 0. The normalized spacial score (nSPS) is 18.9. The van der Waals surface area contributed by atoms with Crippen LogP contribution in [-0.4, -0.2) is 34.9 Å². The van der Waals surface area contributed by atoms with Crippen LogP contribution in [0, 0.1) is 0 Å². The Labute approximate surface area is 198 Å². The number of Topliss-reactive ketones (excluding diaryl/α,β-unsaturated/α-hetero) is 1. The summed E-state index contributed by atoms with van der Waals surface area (Å²) >= 11 is 0. The van der Waals surface area contributed by atoms with E-state index in [-0.39, 0.29) is 17.9 Å². The van der Waals surface area contributed by atoms with Gasteiger partial charge in [0.25, 0.3) is 11.7 Å². The van der Waals surface area contributed by atoms with Gasteiger partial charge in [-0.1, -0.05) is 61.5 Å². The van der Waals surface area contributed by atoms with Crippen molar-refractivity contribution in [3.8, 4) is 11.5 Å². The molecule has 6 nitrogen and oxygen atoms in total. The highest BCUT2D eigenvalue weighted by Crippen LogP contribution is 2.41. The maximum absolute atomic E-state index is 13.3. The fraction of sp³-hybridized carbons (Fsp3) is 0.214. The molecule has 3 aromatic carbocycles. The number of hydrogen-bond donors (Lipinski definition) is 1. The molecule has 172 valence electrons.